The van der Waals surface area contributed by atoms with Crippen LogP contribution in [0.3, 0.4) is 0 Å². The van der Waals surface area contributed by atoms with Crippen molar-refractivity contribution in [1.82, 2.24) is 4.90 Å². The first kappa shape index (κ1) is 23.1. The number of fused-ring (bicyclic) bond motifs is 1. The Morgan fingerprint density at radius 1 is 1.09 bits per heavy atom. The summed E-state index contributed by atoms with van der Waals surface area (Å²) < 4.78 is 47.3. The molecule has 0 aliphatic carbocycles. The second-order valence-corrected chi connectivity index (χ2v) is 9.84. The molecule has 4 rings (SSSR count). The van der Waals surface area contributed by atoms with Crippen molar-refractivity contribution in [1.29, 1.82) is 0 Å². The number of nitrogens with one attached hydrogen (secondary N) is 1. The zero-order valence-corrected chi connectivity index (χ0v) is 19.4. The van der Waals surface area contributed by atoms with E-state index in [2.05, 4.69) is 4.72 Å². The number of ether oxygens (including phenoxy) is 1. The van der Waals surface area contributed by atoms with Crippen LogP contribution in [-0.2, 0) is 27.9 Å². The lowest BCUT2D eigenvalue weighted by Crippen LogP contribution is -2.38. The zero-order chi connectivity index (χ0) is 23.6. The average molecular weight is 489 g/mol. The largest absolute Gasteiger partial charge is 0.480 e. The fraction of sp³-hybridized carbons (Fsp3) is 0.208. The lowest BCUT2D eigenvalue weighted by molar-refractivity contribution is -0.139. The van der Waals surface area contributed by atoms with Crippen molar-refractivity contribution in [3.8, 4) is 5.75 Å². The van der Waals surface area contributed by atoms with Crippen LogP contribution >= 0.6 is 11.6 Å². The summed E-state index contributed by atoms with van der Waals surface area (Å²) in [6, 6.07) is 16.7. The molecule has 3 aromatic rings. The first-order chi connectivity index (χ1) is 15.7. The summed E-state index contributed by atoms with van der Waals surface area (Å²) in [6.07, 6.45) is -0.188. The van der Waals surface area contributed by atoms with Gasteiger partial charge in [-0.05, 0) is 66.6 Å². The van der Waals surface area contributed by atoms with E-state index in [-0.39, 0.29) is 29.7 Å². The molecule has 0 aromatic heterocycles. The Morgan fingerprint density at radius 2 is 1.79 bits per heavy atom. The van der Waals surface area contributed by atoms with Crippen LogP contribution in [0.5, 0.6) is 5.75 Å². The summed E-state index contributed by atoms with van der Waals surface area (Å²) in [5, 5.41) is 0.438. The third kappa shape index (κ3) is 5.29. The quantitative estimate of drug-likeness (QED) is 0.531. The van der Waals surface area contributed by atoms with Gasteiger partial charge in [0.1, 0.15) is 11.6 Å². The van der Waals surface area contributed by atoms with Gasteiger partial charge in [-0.1, -0.05) is 30.7 Å². The minimum Gasteiger partial charge on any atom is -0.480 e. The molecule has 0 bridgehead atoms. The number of carbonyl (C=O) groups is 1. The number of hydrogen-bond donors (Lipinski definition) is 1. The molecule has 0 fully saturated rings. The number of sulfonamides is 1. The smallest absolute Gasteiger partial charge is 0.264 e. The van der Waals surface area contributed by atoms with E-state index in [9.17, 15) is 17.6 Å². The Balaban J connectivity index is 1.62. The van der Waals surface area contributed by atoms with Crippen LogP contribution < -0.4 is 9.46 Å². The van der Waals surface area contributed by atoms with Crippen molar-refractivity contribution < 1.29 is 22.3 Å². The second-order valence-electron chi connectivity index (χ2n) is 7.72. The Labute approximate surface area is 197 Å². The monoisotopic (exact) mass is 488 g/mol. The summed E-state index contributed by atoms with van der Waals surface area (Å²) in [4.78, 5) is 14.8. The highest BCUT2D eigenvalue weighted by atomic mass is 35.5. The van der Waals surface area contributed by atoms with Crippen LogP contribution in [0, 0.1) is 5.82 Å². The number of nitrogens with zero attached hydrogens (tertiary/aromatic N) is 1. The molecule has 1 aliphatic rings. The lowest BCUT2D eigenvalue weighted by Gasteiger charge is -2.23. The Morgan fingerprint density at radius 3 is 2.45 bits per heavy atom. The van der Waals surface area contributed by atoms with E-state index in [1.54, 1.807) is 35.2 Å². The van der Waals surface area contributed by atoms with Crippen LogP contribution in [0.4, 0.5) is 10.1 Å². The number of rotatable bonds is 6. The third-order valence-corrected chi connectivity index (χ3v) is 6.96. The molecule has 1 aliphatic heterocycles. The average Bonchev–Trinajstić information content (AvgIpc) is 2.91. The van der Waals surface area contributed by atoms with Gasteiger partial charge in [0.2, 0.25) is 0 Å². The number of amides is 1. The predicted octanol–water partition coefficient (Wildman–Crippen LogP) is 4.98. The van der Waals surface area contributed by atoms with Crippen LogP contribution in [-0.4, -0.2) is 25.3 Å². The molecule has 0 spiro atoms. The van der Waals surface area contributed by atoms with Crippen molar-refractivity contribution in [3.63, 3.8) is 0 Å². The zero-order valence-electron chi connectivity index (χ0n) is 17.8. The number of halogens is 2. The van der Waals surface area contributed by atoms with Crippen LogP contribution in [0.15, 0.2) is 71.6 Å². The third-order valence-electron chi connectivity index (χ3n) is 5.31. The maximum absolute atomic E-state index is 13.3. The minimum absolute atomic E-state index is 0.0808. The van der Waals surface area contributed by atoms with E-state index < -0.39 is 16.1 Å². The number of carbonyl (C=O) groups excluding carboxylic acids is 1. The molecule has 1 N–H and O–H groups in total. The van der Waals surface area contributed by atoms with Crippen molar-refractivity contribution in [2.24, 2.45) is 0 Å². The van der Waals surface area contributed by atoms with Crippen LogP contribution in [0.25, 0.3) is 0 Å². The summed E-state index contributed by atoms with van der Waals surface area (Å²) >= 11 is 5.85. The van der Waals surface area contributed by atoms with Gasteiger partial charge in [0.15, 0.2) is 6.10 Å². The van der Waals surface area contributed by atoms with Crippen LogP contribution in [0.2, 0.25) is 5.02 Å². The minimum atomic E-state index is -3.82. The lowest BCUT2D eigenvalue weighted by atomic mass is 10.1. The van der Waals surface area contributed by atoms with E-state index in [0.29, 0.717) is 28.4 Å². The van der Waals surface area contributed by atoms with Crippen molar-refractivity contribution >= 4 is 33.2 Å². The highest BCUT2D eigenvalue weighted by Crippen LogP contribution is 2.31. The molecule has 6 nitrogen and oxygen atoms in total. The summed E-state index contributed by atoms with van der Waals surface area (Å²) in [5.74, 6) is -0.00811. The fourth-order valence-corrected chi connectivity index (χ4v) is 4.78. The van der Waals surface area contributed by atoms with Gasteiger partial charge in [0, 0.05) is 29.4 Å². The molecular weight excluding hydrogens is 467 g/mol. The van der Waals surface area contributed by atoms with E-state index in [1.807, 2.05) is 6.92 Å². The van der Waals surface area contributed by atoms with Crippen molar-refractivity contribution in [2.45, 2.75) is 37.4 Å². The molecule has 1 amide bonds. The maximum Gasteiger partial charge on any atom is 0.264 e. The standard InChI is InChI=1S/C24H22ClFN2O4S/c1-2-22-24(29)28(14-16-3-7-19(26)8-4-16)15-17-13-20(9-12-23(17)32-22)27-33(30,31)21-10-5-18(25)6-11-21/h3-13,22,27H,2,14-15H2,1H3/t22-/m1/s1. The molecule has 9 heteroatoms. The van der Waals surface area contributed by atoms with Crippen molar-refractivity contribution in [3.05, 3.63) is 88.7 Å². The molecule has 1 atom stereocenters. The van der Waals surface area contributed by atoms with Crippen LogP contribution in [0.1, 0.15) is 24.5 Å². The maximum atomic E-state index is 13.3. The Kier molecular flexibility index (Phi) is 6.58. The molecule has 0 radical (unpaired) electrons. The number of hydrogen-bond acceptors (Lipinski definition) is 4. The van der Waals surface area contributed by atoms with E-state index >= 15 is 0 Å². The normalized spacial score (nSPS) is 16.0. The van der Waals surface area contributed by atoms with Gasteiger partial charge >= 0.3 is 0 Å². The van der Waals surface area contributed by atoms with E-state index in [0.717, 1.165) is 5.56 Å². The summed E-state index contributed by atoms with van der Waals surface area (Å²) in [6.45, 7) is 2.36. The fourth-order valence-electron chi connectivity index (χ4n) is 3.60. The molecule has 0 saturated heterocycles. The Bertz CT molecular complexity index is 1260. The van der Waals surface area contributed by atoms with Crippen molar-refractivity contribution in [2.75, 3.05) is 4.72 Å². The highest BCUT2D eigenvalue weighted by molar-refractivity contribution is 7.92. The molecule has 1 heterocycles. The molecule has 33 heavy (non-hydrogen) atoms. The molecule has 172 valence electrons. The van der Waals surface area contributed by atoms with E-state index in [4.69, 9.17) is 16.3 Å². The highest BCUT2D eigenvalue weighted by Gasteiger charge is 2.30. The molecular formula is C24H22ClFN2O4S. The molecule has 0 saturated carbocycles. The molecule has 0 unspecified atom stereocenters. The van der Waals surface area contributed by atoms with Gasteiger partial charge in [0.25, 0.3) is 15.9 Å². The Hall–Kier alpha value is -3.10. The second kappa shape index (κ2) is 9.41. The van der Waals surface area contributed by atoms with E-state index in [1.165, 1.54) is 36.4 Å². The SMILES string of the molecule is CC[C@H]1Oc2ccc(NS(=O)(=O)c3ccc(Cl)cc3)cc2CN(Cc2ccc(F)cc2)C1=O. The topological polar surface area (TPSA) is 75.7 Å². The van der Waals surface area contributed by atoms with Gasteiger partial charge in [-0.2, -0.15) is 0 Å². The summed E-state index contributed by atoms with van der Waals surface area (Å²) in [5.41, 5.74) is 1.79. The first-order valence-electron chi connectivity index (χ1n) is 10.4. The summed E-state index contributed by atoms with van der Waals surface area (Å²) in [7, 11) is -3.82. The molecule has 3 aromatic carbocycles. The van der Waals surface area contributed by atoms with Gasteiger partial charge < -0.3 is 9.64 Å². The first-order valence-corrected chi connectivity index (χ1v) is 12.2. The van der Waals surface area contributed by atoms with Gasteiger partial charge in [-0.3, -0.25) is 9.52 Å². The van der Waals surface area contributed by atoms with Gasteiger partial charge in [-0.25, -0.2) is 12.8 Å². The number of anilines is 1. The number of benzene rings is 3. The van der Waals surface area contributed by atoms with Gasteiger partial charge in [0.05, 0.1) is 4.90 Å². The predicted molar refractivity (Wildman–Crippen MR) is 124 cm³/mol. The van der Waals surface area contributed by atoms with Gasteiger partial charge in [-0.15, -0.1) is 0 Å².